The molecule has 8 rings (SSSR count). The van der Waals surface area contributed by atoms with Gasteiger partial charge in [0.05, 0.1) is 22.4 Å². The third-order valence-electron chi connectivity index (χ3n) is 8.94. The van der Waals surface area contributed by atoms with Gasteiger partial charge in [0.15, 0.2) is 5.78 Å². The van der Waals surface area contributed by atoms with E-state index < -0.39 is 0 Å². The van der Waals surface area contributed by atoms with Gasteiger partial charge in [0.1, 0.15) is 0 Å². The summed E-state index contributed by atoms with van der Waals surface area (Å²) in [5, 5.41) is 2.48. The highest BCUT2D eigenvalue weighted by atomic mass is 16.1. The Kier molecular flexibility index (Phi) is 5.63. The first-order chi connectivity index (χ1) is 21.0. The van der Waals surface area contributed by atoms with Crippen molar-refractivity contribution in [1.29, 1.82) is 0 Å². The summed E-state index contributed by atoms with van der Waals surface area (Å²) in [7, 11) is 0. The van der Waals surface area contributed by atoms with Crippen molar-refractivity contribution in [2.24, 2.45) is 0 Å². The van der Waals surface area contributed by atoms with Crippen LogP contribution in [-0.2, 0) is 5.41 Å². The summed E-state index contributed by atoms with van der Waals surface area (Å²) in [6.45, 7) is 4.70. The van der Waals surface area contributed by atoms with Gasteiger partial charge >= 0.3 is 0 Å². The lowest BCUT2D eigenvalue weighted by molar-refractivity contribution is 0.103. The van der Waals surface area contributed by atoms with Crippen LogP contribution in [0, 0.1) is 0 Å². The Balaban J connectivity index is 1.38. The predicted molar refractivity (Wildman–Crippen MR) is 177 cm³/mol. The Morgan fingerprint density at radius 3 is 1.93 bits per heavy atom. The van der Waals surface area contributed by atoms with Crippen molar-refractivity contribution in [2.45, 2.75) is 19.3 Å². The molecule has 206 valence electrons. The predicted octanol–water partition coefficient (Wildman–Crippen LogP) is 10.1. The Morgan fingerprint density at radius 1 is 0.535 bits per heavy atom. The Hall–Kier alpha value is -5.41. The zero-order valence-corrected chi connectivity index (χ0v) is 24.2. The third kappa shape index (κ3) is 3.78. The van der Waals surface area contributed by atoms with Gasteiger partial charge in [0, 0.05) is 38.7 Å². The number of anilines is 3. The summed E-state index contributed by atoms with van der Waals surface area (Å²) in [6, 6.07) is 50.1. The molecule has 3 nitrogen and oxygen atoms in total. The second kappa shape index (κ2) is 9.57. The second-order valence-corrected chi connectivity index (χ2v) is 11.8. The SMILES string of the molecule is CC1(C)c2ccccc2N(c2ccccc2)c2ccc3c(c21)c1ccccc1n3-c1ccc(C(=O)c2ccccc2)cc1. The molecule has 0 spiro atoms. The quantitative estimate of drug-likeness (QED) is 0.202. The van der Waals surface area contributed by atoms with Crippen molar-refractivity contribution >= 4 is 44.7 Å². The minimum Gasteiger partial charge on any atom is -0.310 e. The van der Waals surface area contributed by atoms with Crippen molar-refractivity contribution in [1.82, 2.24) is 4.57 Å². The first-order valence-electron chi connectivity index (χ1n) is 14.8. The summed E-state index contributed by atoms with van der Waals surface area (Å²) in [5.74, 6) is 0.0323. The van der Waals surface area contributed by atoms with Gasteiger partial charge in [0.25, 0.3) is 0 Å². The fourth-order valence-electron chi connectivity index (χ4n) is 6.98. The van der Waals surface area contributed by atoms with Gasteiger partial charge in [-0.3, -0.25) is 4.79 Å². The highest BCUT2D eigenvalue weighted by Crippen LogP contribution is 2.55. The number of aromatic nitrogens is 1. The molecule has 0 fully saturated rings. The molecule has 0 N–H and O–H groups in total. The highest BCUT2D eigenvalue weighted by Gasteiger charge is 2.39. The van der Waals surface area contributed by atoms with Gasteiger partial charge < -0.3 is 9.47 Å². The molecule has 6 aromatic carbocycles. The summed E-state index contributed by atoms with van der Waals surface area (Å²) in [6.07, 6.45) is 0. The number of carbonyl (C=O) groups is 1. The second-order valence-electron chi connectivity index (χ2n) is 11.8. The fraction of sp³-hybridized carbons (Fsp3) is 0.0750. The molecule has 1 aromatic heterocycles. The van der Waals surface area contributed by atoms with E-state index >= 15 is 0 Å². The number of ketones is 1. The Bertz CT molecular complexity index is 2160. The maximum absolute atomic E-state index is 13.1. The normalized spacial score (nSPS) is 13.6. The highest BCUT2D eigenvalue weighted by molar-refractivity contribution is 6.14. The average Bonchev–Trinajstić information content (AvgIpc) is 3.40. The van der Waals surface area contributed by atoms with Gasteiger partial charge in [-0.1, -0.05) is 98.8 Å². The molecule has 0 bridgehead atoms. The molecular weight excluding hydrogens is 524 g/mol. The van der Waals surface area contributed by atoms with Crippen LogP contribution >= 0.6 is 0 Å². The largest absolute Gasteiger partial charge is 0.310 e. The molecular formula is C40H30N2O. The maximum Gasteiger partial charge on any atom is 0.193 e. The van der Waals surface area contributed by atoms with Crippen molar-refractivity contribution in [3.05, 3.63) is 168 Å². The molecule has 1 aliphatic heterocycles. The maximum atomic E-state index is 13.1. The van der Waals surface area contributed by atoms with E-state index in [0.29, 0.717) is 11.1 Å². The van der Waals surface area contributed by atoms with E-state index in [1.165, 1.54) is 33.3 Å². The number of fused-ring (bicyclic) bond motifs is 6. The molecule has 0 amide bonds. The van der Waals surface area contributed by atoms with Crippen LogP contribution in [0.25, 0.3) is 27.5 Å². The Labute approximate surface area is 251 Å². The van der Waals surface area contributed by atoms with Gasteiger partial charge in [-0.15, -0.1) is 0 Å². The summed E-state index contributed by atoms with van der Waals surface area (Å²) in [4.78, 5) is 15.5. The minimum atomic E-state index is -0.238. The van der Waals surface area contributed by atoms with Crippen LogP contribution in [0.3, 0.4) is 0 Å². The molecule has 1 aliphatic rings. The molecule has 7 aromatic rings. The summed E-state index contributed by atoms with van der Waals surface area (Å²) < 4.78 is 2.34. The van der Waals surface area contributed by atoms with Crippen LogP contribution in [0.15, 0.2) is 146 Å². The van der Waals surface area contributed by atoms with E-state index in [0.717, 1.165) is 22.4 Å². The summed E-state index contributed by atoms with van der Waals surface area (Å²) in [5.41, 5.74) is 10.7. The molecule has 0 radical (unpaired) electrons. The van der Waals surface area contributed by atoms with Crippen LogP contribution in [0.4, 0.5) is 17.1 Å². The van der Waals surface area contributed by atoms with Gasteiger partial charge in [-0.2, -0.15) is 0 Å². The lowest BCUT2D eigenvalue weighted by Gasteiger charge is -2.42. The molecule has 0 atom stereocenters. The minimum absolute atomic E-state index is 0.0323. The van der Waals surface area contributed by atoms with Crippen molar-refractivity contribution < 1.29 is 4.79 Å². The number of nitrogens with zero attached hydrogens (tertiary/aromatic N) is 2. The number of hydrogen-bond acceptors (Lipinski definition) is 2. The van der Waals surface area contributed by atoms with E-state index in [-0.39, 0.29) is 11.2 Å². The topological polar surface area (TPSA) is 25.2 Å². The third-order valence-corrected chi connectivity index (χ3v) is 8.94. The lowest BCUT2D eigenvalue weighted by Crippen LogP contribution is -2.30. The van der Waals surface area contributed by atoms with Crippen LogP contribution in [0.2, 0.25) is 0 Å². The van der Waals surface area contributed by atoms with Crippen molar-refractivity contribution in [3.8, 4) is 5.69 Å². The molecule has 0 saturated heterocycles. The standard InChI is InChI=1S/C40H30N2O/c1-40(2)32-18-10-12-20-34(32)42(29-15-7-4-8-16-29)36-26-25-35-37(38(36)40)31-17-9-11-19-33(31)41(35)30-23-21-28(22-24-30)39(43)27-13-5-3-6-14-27/h3-26H,1-2H3. The number of hydrogen-bond donors (Lipinski definition) is 0. The van der Waals surface area contributed by atoms with Crippen LogP contribution < -0.4 is 4.90 Å². The van der Waals surface area contributed by atoms with E-state index in [1.807, 2.05) is 42.5 Å². The zero-order valence-electron chi connectivity index (χ0n) is 24.2. The van der Waals surface area contributed by atoms with E-state index in [2.05, 4.69) is 126 Å². The average molecular weight is 555 g/mol. The number of carbonyl (C=O) groups excluding carboxylic acids is 1. The molecule has 0 saturated carbocycles. The number of rotatable bonds is 4. The smallest absolute Gasteiger partial charge is 0.193 e. The van der Waals surface area contributed by atoms with Crippen LogP contribution in [0.5, 0.6) is 0 Å². The molecule has 3 heteroatoms. The number of para-hydroxylation sites is 3. The van der Waals surface area contributed by atoms with Crippen molar-refractivity contribution in [3.63, 3.8) is 0 Å². The van der Waals surface area contributed by atoms with Crippen molar-refractivity contribution in [2.75, 3.05) is 4.90 Å². The van der Waals surface area contributed by atoms with Gasteiger partial charge in [-0.25, -0.2) is 0 Å². The van der Waals surface area contributed by atoms with Crippen LogP contribution in [0.1, 0.15) is 40.9 Å². The monoisotopic (exact) mass is 554 g/mol. The summed E-state index contributed by atoms with van der Waals surface area (Å²) >= 11 is 0. The van der Waals surface area contributed by atoms with E-state index in [9.17, 15) is 4.79 Å². The van der Waals surface area contributed by atoms with Crippen LogP contribution in [-0.4, -0.2) is 10.4 Å². The molecule has 2 heterocycles. The molecule has 0 aliphatic carbocycles. The zero-order chi connectivity index (χ0) is 29.1. The lowest BCUT2D eigenvalue weighted by atomic mass is 9.72. The van der Waals surface area contributed by atoms with Gasteiger partial charge in [0.2, 0.25) is 0 Å². The first-order valence-corrected chi connectivity index (χ1v) is 14.8. The van der Waals surface area contributed by atoms with Gasteiger partial charge in [-0.05, 0) is 71.8 Å². The van der Waals surface area contributed by atoms with E-state index in [1.54, 1.807) is 0 Å². The van der Waals surface area contributed by atoms with E-state index in [4.69, 9.17) is 0 Å². The first kappa shape index (κ1) is 25.3. The number of benzene rings is 6. The molecule has 43 heavy (non-hydrogen) atoms. The fourth-order valence-corrected chi connectivity index (χ4v) is 6.98. The Morgan fingerprint density at radius 2 is 1.16 bits per heavy atom. The molecule has 0 unspecified atom stereocenters.